The molecule has 4 aromatic rings. The third-order valence-corrected chi connectivity index (χ3v) is 7.20. The first-order chi connectivity index (χ1) is 20.8. The molecule has 0 spiro atoms. The lowest BCUT2D eigenvalue weighted by Gasteiger charge is -2.26. The molecule has 1 aliphatic rings. The van der Waals surface area contributed by atoms with Crippen LogP contribution in [-0.4, -0.2) is 71.6 Å². The minimum Gasteiger partial charge on any atom is -0.457 e. The number of hydrogen-bond donors (Lipinski definition) is 3. The second-order valence-electron chi connectivity index (χ2n) is 11.6. The van der Waals surface area contributed by atoms with Gasteiger partial charge >= 0.3 is 6.03 Å². The van der Waals surface area contributed by atoms with E-state index in [9.17, 15) is 4.79 Å². The van der Waals surface area contributed by atoms with Crippen LogP contribution in [0.25, 0.3) is 5.69 Å². The maximum atomic E-state index is 13.0. The number of amides is 2. The number of anilines is 2. The second-order valence-corrected chi connectivity index (χ2v) is 11.6. The zero-order valence-electron chi connectivity index (χ0n) is 25.2. The van der Waals surface area contributed by atoms with Crippen molar-refractivity contribution in [2.75, 3.05) is 56.6 Å². The summed E-state index contributed by atoms with van der Waals surface area (Å²) in [7, 11) is 0. The van der Waals surface area contributed by atoms with E-state index in [2.05, 4.69) is 58.7 Å². The van der Waals surface area contributed by atoms with E-state index >= 15 is 0 Å². The number of pyridine rings is 1. The first-order valence-corrected chi connectivity index (χ1v) is 14.8. The van der Waals surface area contributed by atoms with Gasteiger partial charge in [-0.05, 0) is 67.1 Å². The minimum absolute atomic E-state index is 0.185. The Morgan fingerprint density at radius 2 is 1.60 bits per heavy atom. The first kappa shape index (κ1) is 30.2. The maximum absolute atomic E-state index is 13.0. The molecule has 1 saturated heterocycles. The molecule has 226 valence electrons. The Morgan fingerprint density at radius 3 is 2.30 bits per heavy atom. The summed E-state index contributed by atoms with van der Waals surface area (Å²) in [6.45, 7) is 13.0. The van der Waals surface area contributed by atoms with Gasteiger partial charge in [-0.15, -0.1) is 0 Å². The number of urea groups is 1. The summed E-state index contributed by atoms with van der Waals surface area (Å²) in [6.07, 6.45) is 4.29. The lowest BCUT2D eigenvalue weighted by Crippen LogP contribution is -2.40. The van der Waals surface area contributed by atoms with E-state index in [1.54, 1.807) is 53.5 Å². The summed E-state index contributed by atoms with van der Waals surface area (Å²) < 4.78 is 13.0. The van der Waals surface area contributed by atoms with E-state index in [4.69, 9.17) is 14.6 Å². The molecule has 1 fully saturated rings. The van der Waals surface area contributed by atoms with Crippen molar-refractivity contribution in [1.82, 2.24) is 25.0 Å². The summed E-state index contributed by atoms with van der Waals surface area (Å²) in [5, 5.41) is 14.3. The molecule has 0 unspecified atom stereocenters. The molecule has 3 N–H and O–H groups in total. The summed E-state index contributed by atoms with van der Waals surface area (Å²) in [5.74, 6) is 1.95. The summed E-state index contributed by atoms with van der Waals surface area (Å²) in [5.41, 5.74) is 3.47. The Labute approximate surface area is 253 Å². The van der Waals surface area contributed by atoms with Crippen LogP contribution >= 0.6 is 0 Å². The fourth-order valence-electron chi connectivity index (χ4n) is 4.68. The van der Waals surface area contributed by atoms with Crippen LogP contribution in [0.3, 0.4) is 0 Å². The van der Waals surface area contributed by atoms with Crippen molar-refractivity contribution in [2.45, 2.75) is 32.6 Å². The quantitative estimate of drug-likeness (QED) is 0.201. The number of morpholine rings is 1. The molecule has 1 aliphatic heterocycles. The van der Waals surface area contributed by atoms with Crippen LogP contribution in [0.4, 0.5) is 16.3 Å². The van der Waals surface area contributed by atoms with Gasteiger partial charge < -0.3 is 20.1 Å². The molecule has 0 saturated carbocycles. The Morgan fingerprint density at radius 1 is 0.907 bits per heavy atom. The molecule has 3 heterocycles. The molecule has 43 heavy (non-hydrogen) atoms. The number of benzene rings is 2. The summed E-state index contributed by atoms with van der Waals surface area (Å²) in [6, 6.07) is 20.7. The van der Waals surface area contributed by atoms with E-state index in [1.165, 1.54) is 5.56 Å². The van der Waals surface area contributed by atoms with E-state index in [1.807, 2.05) is 18.2 Å². The number of rotatable bonds is 11. The van der Waals surface area contributed by atoms with Crippen LogP contribution in [0.2, 0.25) is 0 Å². The molecule has 0 aliphatic carbocycles. The van der Waals surface area contributed by atoms with Crippen molar-refractivity contribution < 1.29 is 14.3 Å². The predicted octanol–water partition coefficient (Wildman–Crippen LogP) is 5.47. The number of nitrogens with zero attached hydrogens (tertiary/aromatic N) is 4. The summed E-state index contributed by atoms with van der Waals surface area (Å²) in [4.78, 5) is 19.4. The SMILES string of the molecule is CC(C)(C)c1cc(NC(=O)Nc2ccc(Oc3ccncc3)cc2)n(-c2ccc(CCNCCN3CCOCC3)cc2)n1. The van der Waals surface area contributed by atoms with Crippen LogP contribution in [0.5, 0.6) is 11.5 Å². The van der Waals surface area contributed by atoms with Crippen LogP contribution in [-0.2, 0) is 16.6 Å². The Kier molecular flexibility index (Phi) is 10.0. The molecule has 2 aromatic heterocycles. The lowest BCUT2D eigenvalue weighted by atomic mass is 9.92. The highest BCUT2D eigenvalue weighted by Gasteiger charge is 2.21. The van der Waals surface area contributed by atoms with Crippen molar-refractivity contribution in [3.05, 3.63) is 90.4 Å². The fourth-order valence-corrected chi connectivity index (χ4v) is 4.68. The van der Waals surface area contributed by atoms with Crippen molar-refractivity contribution in [2.24, 2.45) is 0 Å². The first-order valence-electron chi connectivity index (χ1n) is 14.8. The van der Waals surface area contributed by atoms with E-state index in [0.29, 0.717) is 23.0 Å². The number of nitrogens with one attached hydrogen (secondary N) is 3. The van der Waals surface area contributed by atoms with Crippen molar-refractivity contribution in [3.8, 4) is 17.2 Å². The molecule has 10 heteroatoms. The number of aromatic nitrogens is 3. The highest BCUT2D eigenvalue weighted by molar-refractivity contribution is 5.99. The third-order valence-electron chi connectivity index (χ3n) is 7.20. The maximum Gasteiger partial charge on any atom is 0.324 e. The number of carbonyl (C=O) groups excluding carboxylic acids is 1. The standard InChI is InChI=1S/C33H41N7O3/c1-33(2,3)30-24-31(37-32(41)36-26-6-10-28(11-7-26)43-29-13-16-34-17-14-29)40(38-30)27-8-4-25(5-9-27)12-15-35-18-19-39-20-22-42-23-21-39/h4-11,13-14,16-17,24,35H,12,15,18-23H2,1-3H3,(H2,36,37,41). The van der Waals surface area contributed by atoms with Gasteiger partial charge in [-0.1, -0.05) is 32.9 Å². The average Bonchev–Trinajstić information content (AvgIpc) is 3.44. The third kappa shape index (κ3) is 8.87. The molecule has 2 amide bonds. The van der Waals surface area contributed by atoms with Crippen LogP contribution < -0.4 is 20.7 Å². The van der Waals surface area contributed by atoms with Gasteiger partial charge in [0.15, 0.2) is 0 Å². The van der Waals surface area contributed by atoms with Crippen LogP contribution in [0.15, 0.2) is 79.1 Å². The van der Waals surface area contributed by atoms with Crippen LogP contribution in [0, 0.1) is 0 Å². The molecule has 2 aromatic carbocycles. The van der Waals surface area contributed by atoms with E-state index in [-0.39, 0.29) is 11.4 Å². The number of carbonyl (C=O) groups is 1. The molecular formula is C33H41N7O3. The monoisotopic (exact) mass is 583 g/mol. The van der Waals surface area contributed by atoms with Crippen molar-refractivity contribution in [3.63, 3.8) is 0 Å². The van der Waals surface area contributed by atoms with Gasteiger partial charge in [-0.3, -0.25) is 15.2 Å². The van der Waals surface area contributed by atoms with Crippen LogP contribution in [0.1, 0.15) is 32.0 Å². The summed E-state index contributed by atoms with van der Waals surface area (Å²) >= 11 is 0. The zero-order valence-corrected chi connectivity index (χ0v) is 25.2. The van der Waals surface area contributed by atoms with Gasteiger partial charge in [0.05, 0.1) is 24.6 Å². The van der Waals surface area contributed by atoms with Gasteiger partial charge in [0.25, 0.3) is 0 Å². The average molecular weight is 584 g/mol. The topological polar surface area (TPSA) is 106 Å². The van der Waals surface area contributed by atoms with Gasteiger partial charge in [0, 0.05) is 55.7 Å². The van der Waals surface area contributed by atoms with E-state index in [0.717, 1.165) is 63.7 Å². The number of ether oxygens (including phenoxy) is 2. The lowest BCUT2D eigenvalue weighted by molar-refractivity contribution is 0.0385. The predicted molar refractivity (Wildman–Crippen MR) is 169 cm³/mol. The minimum atomic E-state index is -0.357. The molecule has 5 rings (SSSR count). The van der Waals surface area contributed by atoms with Gasteiger partial charge in [0.1, 0.15) is 17.3 Å². The highest BCUT2D eigenvalue weighted by atomic mass is 16.5. The van der Waals surface area contributed by atoms with Crippen molar-refractivity contribution >= 4 is 17.5 Å². The Bertz CT molecular complexity index is 1440. The molecule has 0 atom stereocenters. The molecule has 0 bridgehead atoms. The van der Waals surface area contributed by atoms with Gasteiger partial charge in [-0.2, -0.15) is 5.10 Å². The smallest absolute Gasteiger partial charge is 0.324 e. The largest absolute Gasteiger partial charge is 0.457 e. The molecule has 0 radical (unpaired) electrons. The second kappa shape index (κ2) is 14.3. The Balaban J connectivity index is 1.18. The highest BCUT2D eigenvalue weighted by Crippen LogP contribution is 2.27. The molecule has 10 nitrogen and oxygen atoms in total. The van der Waals surface area contributed by atoms with Gasteiger partial charge in [0.2, 0.25) is 0 Å². The zero-order chi connectivity index (χ0) is 30.1. The van der Waals surface area contributed by atoms with Gasteiger partial charge in [-0.25, -0.2) is 9.48 Å². The van der Waals surface area contributed by atoms with E-state index < -0.39 is 0 Å². The fraction of sp³-hybridized carbons (Fsp3) is 0.364. The number of hydrogen-bond acceptors (Lipinski definition) is 7. The Hall–Kier alpha value is -4.25. The molecular weight excluding hydrogens is 542 g/mol. The normalized spacial score (nSPS) is 13.9. The van der Waals surface area contributed by atoms with Crippen molar-refractivity contribution in [1.29, 1.82) is 0 Å².